The molecule has 2 aromatic carbocycles. The van der Waals surface area contributed by atoms with Crippen LogP contribution in [0, 0.1) is 0 Å². The number of carbonyl (C=O) groups is 1. The molecule has 7 heteroatoms. The summed E-state index contributed by atoms with van der Waals surface area (Å²) in [4.78, 5) is 11.5. The fraction of sp³-hybridized carbons (Fsp3) is 0.278. The van der Waals surface area contributed by atoms with Crippen molar-refractivity contribution in [3.05, 3.63) is 53.1 Å². The van der Waals surface area contributed by atoms with Gasteiger partial charge in [-0.1, -0.05) is 12.1 Å². The predicted octanol–water partition coefficient (Wildman–Crippen LogP) is 2.71. The molecule has 0 unspecified atom stereocenters. The van der Waals surface area contributed by atoms with E-state index in [4.69, 9.17) is 4.74 Å². The van der Waals surface area contributed by atoms with E-state index in [9.17, 15) is 18.3 Å². The summed E-state index contributed by atoms with van der Waals surface area (Å²) >= 11 is 0. The maximum absolute atomic E-state index is 13.2. The molecule has 0 aromatic heterocycles. The number of hydrogen-bond donors (Lipinski definition) is 1. The molecule has 6 nitrogen and oxygen atoms in total. The van der Waals surface area contributed by atoms with E-state index in [2.05, 4.69) is 0 Å². The molecule has 1 aliphatic rings. The van der Waals surface area contributed by atoms with E-state index in [1.54, 1.807) is 30.3 Å². The molecular weight excluding hydrogens is 342 g/mol. The number of carboxylic acids is 1. The highest BCUT2D eigenvalue weighted by Gasteiger charge is 2.30. The molecule has 0 saturated carbocycles. The number of sulfonamides is 1. The van der Waals surface area contributed by atoms with E-state index in [1.807, 2.05) is 0 Å². The fourth-order valence-corrected chi connectivity index (χ4v) is 4.71. The standard InChI is InChI=1S/C18H19NO5S/c1-19(15-8-3-4-9-16(15)24-2)25(22,23)17-11-13(18(20)21)10-12-6-5-7-14(12)17/h3-4,8-11H,5-7H2,1-2H3,(H,20,21). The molecule has 25 heavy (non-hydrogen) atoms. The first kappa shape index (κ1) is 17.3. The Balaban J connectivity index is 2.16. The van der Waals surface area contributed by atoms with Gasteiger partial charge in [0.1, 0.15) is 5.75 Å². The molecular formula is C18H19NO5S. The second kappa shape index (κ2) is 6.40. The van der Waals surface area contributed by atoms with Gasteiger partial charge in [0.2, 0.25) is 0 Å². The first-order valence-corrected chi connectivity index (χ1v) is 9.31. The van der Waals surface area contributed by atoms with Crippen LogP contribution < -0.4 is 9.04 Å². The number of anilines is 1. The monoisotopic (exact) mass is 361 g/mol. The molecule has 1 N–H and O–H groups in total. The van der Waals surface area contributed by atoms with E-state index in [1.165, 1.54) is 20.2 Å². The lowest BCUT2D eigenvalue weighted by Gasteiger charge is -2.23. The van der Waals surface area contributed by atoms with Gasteiger partial charge < -0.3 is 9.84 Å². The highest BCUT2D eigenvalue weighted by atomic mass is 32.2. The number of rotatable bonds is 5. The molecule has 0 atom stereocenters. The first-order chi connectivity index (χ1) is 11.9. The van der Waals surface area contributed by atoms with Crippen molar-refractivity contribution in [3.63, 3.8) is 0 Å². The Morgan fingerprint density at radius 1 is 1.20 bits per heavy atom. The average Bonchev–Trinajstić information content (AvgIpc) is 3.08. The van der Waals surface area contributed by atoms with Crippen LogP contribution >= 0.6 is 0 Å². The number of aryl methyl sites for hydroxylation is 1. The maximum atomic E-state index is 13.2. The maximum Gasteiger partial charge on any atom is 0.335 e. The van der Waals surface area contributed by atoms with E-state index in [0.717, 1.165) is 16.3 Å². The van der Waals surface area contributed by atoms with Gasteiger partial charge in [-0.05, 0) is 54.7 Å². The minimum Gasteiger partial charge on any atom is -0.495 e. The zero-order chi connectivity index (χ0) is 18.2. The van der Waals surface area contributed by atoms with Crippen LogP contribution in [0.15, 0.2) is 41.3 Å². The number of ether oxygens (including phenoxy) is 1. The van der Waals surface area contributed by atoms with Gasteiger partial charge >= 0.3 is 5.97 Å². The average molecular weight is 361 g/mol. The number of aromatic carboxylic acids is 1. The summed E-state index contributed by atoms with van der Waals surface area (Å²) in [5.41, 5.74) is 1.91. The van der Waals surface area contributed by atoms with E-state index in [-0.39, 0.29) is 10.5 Å². The summed E-state index contributed by atoms with van der Waals surface area (Å²) in [6.07, 6.45) is 2.14. The third kappa shape index (κ3) is 2.95. The van der Waals surface area contributed by atoms with Gasteiger partial charge in [-0.2, -0.15) is 0 Å². The summed E-state index contributed by atoms with van der Waals surface area (Å²) in [5.74, 6) is -0.703. The molecule has 132 valence electrons. The Labute approximate surface area is 146 Å². The summed E-state index contributed by atoms with van der Waals surface area (Å²) in [7, 11) is -0.995. The number of para-hydroxylation sites is 2. The number of nitrogens with zero attached hydrogens (tertiary/aromatic N) is 1. The molecule has 1 aliphatic carbocycles. The zero-order valence-electron chi connectivity index (χ0n) is 14.0. The molecule has 0 spiro atoms. The quantitative estimate of drug-likeness (QED) is 0.885. The minimum absolute atomic E-state index is 0.00680. The summed E-state index contributed by atoms with van der Waals surface area (Å²) in [6.45, 7) is 0. The molecule has 0 fully saturated rings. The first-order valence-electron chi connectivity index (χ1n) is 7.87. The number of methoxy groups -OCH3 is 1. The lowest BCUT2D eigenvalue weighted by molar-refractivity contribution is 0.0696. The molecule has 2 aromatic rings. The Morgan fingerprint density at radius 2 is 1.92 bits per heavy atom. The van der Waals surface area contributed by atoms with Crippen LogP contribution in [0.5, 0.6) is 5.75 Å². The molecule has 0 radical (unpaired) electrons. The third-order valence-electron chi connectivity index (χ3n) is 4.48. The van der Waals surface area contributed by atoms with Gasteiger partial charge in [-0.15, -0.1) is 0 Å². The highest BCUT2D eigenvalue weighted by Crippen LogP contribution is 2.35. The number of fused-ring (bicyclic) bond motifs is 1. The van der Waals surface area contributed by atoms with E-state index < -0.39 is 16.0 Å². The Morgan fingerprint density at radius 3 is 2.60 bits per heavy atom. The van der Waals surface area contributed by atoms with E-state index in [0.29, 0.717) is 29.8 Å². The van der Waals surface area contributed by atoms with Gasteiger partial charge in [0.05, 0.1) is 23.3 Å². The van der Waals surface area contributed by atoms with Crippen LogP contribution in [0.4, 0.5) is 5.69 Å². The minimum atomic E-state index is -3.92. The molecule has 0 bridgehead atoms. The lowest BCUT2D eigenvalue weighted by Crippen LogP contribution is -2.28. The van der Waals surface area contributed by atoms with Gasteiger partial charge in [-0.3, -0.25) is 4.31 Å². The Bertz CT molecular complexity index is 936. The van der Waals surface area contributed by atoms with Crippen LogP contribution in [0.3, 0.4) is 0 Å². The van der Waals surface area contributed by atoms with Crippen molar-refractivity contribution >= 4 is 21.7 Å². The van der Waals surface area contributed by atoms with Crippen LogP contribution in [-0.2, 0) is 22.9 Å². The molecule has 0 heterocycles. The van der Waals surface area contributed by atoms with Crippen LogP contribution in [0.2, 0.25) is 0 Å². The van der Waals surface area contributed by atoms with E-state index >= 15 is 0 Å². The van der Waals surface area contributed by atoms with Crippen molar-refractivity contribution in [2.24, 2.45) is 0 Å². The SMILES string of the molecule is COc1ccccc1N(C)S(=O)(=O)c1cc(C(=O)O)cc2c1CCC2. The second-order valence-electron chi connectivity index (χ2n) is 5.92. The topological polar surface area (TPSA) is 83.9 Å². The molecule has 0 aliphatic heterocycles. The smallest absolute Gasteiger partial charge is 0.335 e. The molecule has 0 saturated heterocycles. The van der Waals surface area contributed by atoms with Gasteiger partial charge in [0.15, 0.2) is 0 Å². The zero-order valence-corrected chi connectivity index (χ0v) is 14.8. The normalized spacial score (nSPS) is 13.4. The third-order valence-corrected chi connectivity index (χ3v) is 6.32. The Kier molecular flexibility index (Phi) is 4.43. The largest absolute Gasteiger partial charge is 0.495 e. The molecule has 0 amide bonds. The summed E-state index contributed by atoms with van der Waals surface area (Å²) < 4.78 is 32.8. The number of hydrogen-bond acceptors (Lipinski definition) is 4. The van der Waals surface area contributed by atoms with Crippen LogP contribution in [0.25, 0.3) is 0 Å². The predicted molar refractivity (Wildman–Crippen MR) is 94.0 cm³/mol. The second-order valence-corrected chi connectivity index (χ2v) is 7.85. The van der Waals surface area contributed by atoms with Crippen molar-refractivity contribution in [1.29, 1.82) is 0 Å². The fourth-order valence-electron chi connectivity index (χ4n) is 3.19. The lowest BCUT2D eigenvalue weighted by atomic mass is 10.1. The number of benzene rings is 2. The molecule has 3 rings (SSSR count). The summed E-state index contributed by atoms with van der Waals surface area (Å²) in [6, 6.07) is 9.64. The van der Waals surface area contributed by atoms with Crippen molar-refractivity contribution in [1.82, 2.24) is 0 Å². The van der Waals surface area contributed by atoms with Crippen LogP contribution in [0.1, 0.15) is 27.9 Å². The summed E-state index contributed by atoms with van der Waals surface area (Å²) in [5, 5.41) is 9.32. The van der Waals surface area contributed by atoms with Gasteiger partial charge in [0, 0.05) is 7.05 Å². The van der Waals surface area contributed by atoms with Gasteiger partial charge in [0.25, 0.3) is 10.0 Å². The Hall–Kier alpha value is -2.54. The van der Waals surface area contributed by atoms with Crippen molar-refractivity contribution in [3.8, 4) is 5.75 Å². The van der Waals surface area contributed by atoms with Crippen molar-refractivity contribution in [2.45, 2.75) is 24.2 Å². The van der Waals surface area contributed by atoms with Crippen molar-refractivity contribution < 1.29 is 23.1 Å². The van der Waals surface area contributed by atoms with Gasteiger partial charge in [-0.25, -0.2) is 13.2 Å². The van der Waals surface area contributed by atoms with Crippen molar-refractivity contribution in [2.75, 3.05) is 18.5 Å². The highest BCUT2D eigenvalue weighted by molar-refractivity contribution is 7.92. The number of carboxylic acid groups (broad SMARTS) is 1. The van der Waals surface area contributed by atoms with Crippen LogP contribution in [-0.4, -0.2) is 33.7 Å².